The number of Topliss-reactive ketones (excluding diaryl/α,β-unsaturated/α-hetero) is 1. The Bertz CT molecular complexity index is 333. The first-order valence-corrected chi connectivity index (χ1v) is 5.06. The number of ether oxygens (including phenoxy) is 2. The third-order valence-electron chi connectivity index (χ3n) is 2.02. The van der Waals surface area contributed by atoms with Gasteiger partial charge in [0.05, 0.1) is 7.11 Å². The van der Waals surface area contributed by atoms with Gasteiger partial charge in [0.2, 0.25) is 0 Å². The minimum absolute atomic E-state index is 0.0278. The summed E-state index contributed by atoms with van der Waals surface area (Å²) in [6.45, 7) is 5.50. The Hall–Kier alpha value is -2.03. The molecule has 1 amide bonds. The molecule has 0 radical (unpaired) electrons. The molecule has 0 aromatic heterocycles. The number of hydrogen-bond acceptors (Lipinski definition) is 5. The number of methoxy groups -OCH3 is 1. The van der Waals surface area contributed by atoms with Crippen molar-refractivity contribution in [2.75, 3.05) is 20.3 Å². The normalized spacial score (nSPS) is 9.00. The van der Waals surface area contributed by atoms with Crippen LogP contribution in [0.25, 0.3) is 0 Å². The topological polar surface area (TPSA) is 79.6 Å². The molecule has 0 aliphatic rings. The van der Waals surface area contributed by atoms with E-state index in [0.29, 0.717) is 12.1 Å². The van der Waals surface area contributed by atoms with Crippen LogP contribution in [0.3, 0.4) is 0 Å². The molecule has 0 fully saturated rings. The smallest absolute Gasteiger partial charge is 0.413 e. The van der Waals surface area contributed by atoms with Gasteiger partial charge in [-0.15, -0.1) is 0 Å². The first-order chi connectivity index (χ1) is 8.02. The van der Waals surface area contributed by atoms with Crippen molar-refractivity contribution < 1.29 is 19.1 Å². The quantitative estimate of drug-likeness (QED) is 0.497. The lowest BCUT2D eigenvalue weighted by Crippen LogP contribution is -2.32. The molecule has 0 spiro atoms. The molecular weight excluding hydrogens is 224 g/mol. The van der Waals surface area contributed by atoms with E-state index in [-0.39, 0.29) is 25.4 Å². The third kappa shape index (κ3) is 6.20. The molecule has 0 saturated heterocycles. The molecule has 0 aliphatic heterocycles. The molecular formula is C11H16N2O4. The second-order valence-corrected chi connectivity index (χ2v) is 3.33. The molecule has 94 valence electrons. The van der Waals surface area contributed by atoms with E-state index in [0.717, 1.165) is 0 Å². The minimum atomic E-state index is -0.576. The first-order valence-electron chi connectivity index (χ1n) is 5.06. The van der Waals surface area contributed by atoms with Crippen LogP contribution in [-0.2, 0) is 14.3 Å². The molecule has 0 bridgehead atoms. The maximum atomic E-state index is 11.4. The SMILES string of the molecule is C=C(CCOC#N)N(CCC(C)=O)C(=O)OC. The molecule has 0 unspecified atom stereocenters. The van der Waals surface area contributed by atoms with E-state index < -0.39 is 6.09 Å². The number of ketones is 1. The van der Waals surface area contributed by atoms with Crippen LogP contribution in [0.2, 0.25) is 0 Å². The van der Waals surface area contributed by atoms with Gasteiger partial charge in [-0.3, -0.25) is 9.69 Å². The highest BCUT2D eigenvalue weighted by molar-refractivity contribution is 5.77. The highest BCUT2D eigenvalue weighted by Gasteiger charge is 2.17. The van der Waals surface area contributed by atoms with Crippen molar-refractivity contribution in [3.63, 3.8) is 0 Å². The highest BCUT2D eigenvalue weighted by Crippen LogP contribution is 2.10. The van der Waals surface area contributed by atoms with Crippen LogP contribution in [-0.4, -0.2) is 37.0 Å². The Kier molecular flexibility index (Phi) is 7.19. The van der Waals surface area contributed by atoms with Crippen LogP contribution in [0.1, 0.15) is 19.8 Å². The molecule has 6 nitrogen and oxygen atoms in total. The molecule has 0 rings (SSSR count). The van der Waals surface area contributed by atoms with E-state index in [1.807, 2.05) is 0 Å². The Labute approximate surface area is 100 Å². The van der Waals surface area contributed by atoms with Crippen LogP contribution in [0, 0.1) is 11.5 Å². The Morgan fingerprint density at radius 1 is 1.41 bits per heavy atom. The van der Waals surface area contributed by atoms with E-state index in [4.69, 9.17) is 5.26 Å². The fourth-order valence-corrected chi connectivity index (χ4v) is 1.11. The minimum Gasteiger partial charge on any atom is -0.452 e. The molecule has 0 aromatic carbocycles. The summed E-state index contributed by atoms with van der Waals surface area (Å²) < 4.78 is 9.07. The van der Waals surface area contributed by atoms with Crippen LogP contribution in [0.4, 0.5) is 4.79 Å². The molecule has 6 heteroatoms. The van der Waals surface area contributed by atoms with Crippen molar-refractivity contribution >= 4 is 11.9 Å². The number of nitriles is 1. The zero-order valence-electron chi connectivity index (χ0n) is 10.1. The van der Waals surface area contributed by atoms with E-state index in [1.165, 1.54) is 25.2 Å². The predicted octanol–water partition coefficient (Wildman–Crippen LogP) is 1.44. The lowest BCUT2D eigenvalue weighted by molar-refractivity contribution is -0.117. The summed E-state index contributed by atoms with van der Waals surface area (Å²) in [6.07, 6.45) is 1.50. The van der Waals surface area contributed by atoms with Crippen molar-refractivity contribution in [1.82, 2.24) is 4.90 Å². The third-order valence-corrected chi connectivity index (χ3v) is 2.02. The number of carbonyl (C=O) groups excluding carboxylic acids is 2. The van der Waals surface area contributed by atoms with Gasteiger partial charge in [-0.25, -0.2) is 4.79 Å². The highest BCUT2D eigenvalue weighted by atomic mass is 16.5. The largest absolute Gasteiger partial charge is 0.452 e. The molecule has 0 aliphatic carbocycles. The second-order valence-electron chi connectivity index (χ2n) is 3.33. The number of nitrogens with zero attached hydrogens (tertiary/aromatic N) is 2. The van der Waals surface area contributed by atoms with E-state index in [2.05, 4.69) is 16.1 Å². The standard InChI is InChI=1S/C11H16N2O4/c1-9(5-7-17-8-12)13(11(15)16-3)6-4-10(2)14/h1,4-7H2,2-3H3. The van der Waals surface area contributed by atoms with Crippen molar-refractivity contribution in [3.05, 3.63) is 12.3 Å². The van der Waals surface area contributed by atoms with Gasteiger partial charge < -0.3 is 9.47 Å². The van der Waals surface area contributed by atoms with E-state index in [9.17, 15) is 9.59 Å². The van der Waals surface area contributed by atoms with E-state index in [1.54, 1.807) is 0 Å². The molecule has 0 atom stereocenters. The van der Waals surface area contributed by atoms with Crippen LogP contribution in [0.5, 0.6) is 0 Å². The lowest BCUT2D eigenvalue weighted by atomic mass is 10.2. The molecule has 0 saturated carbocycles. The van der Waals surface area contributed by atoms with Gasteiger partial charge in [-0.2, -0.15) is 5.26 Å². The molecule has 17 heavy (non-hydrogen) atoms. The summed E-state index contributed by atoms with van der Waals surface area (Å²) in [6, 6.07) is 0. The number of carbonyl (C=O) groups is 2. The number of hydrogen-bond donors (Lipinski definition) is 0. The molecule has 0 aromatic rings. The van der Waals surface area contributed by atoms with Crippen LogP contribution >= 0.6 is 0 Å². The average Bonchev–Trinajstić information content (AvgIpc) is 2.28. The summed E-state index contributed by atoms with van der Waals surface area (Å²) in [7, 11) is 1.25. The Balaban J connectivity index is 4.36. The van der Waals surface area contributed by atoms with Gasteiger partial charge in [-0.05, 0) is 6.92 Å². The maximum absolute atomic E-state index is 11.4. The van der Waals surface area contributed by atoms with Crippen LogP contribution < -0.4 is 0 Å². The summed E-state index contributed by atoms with van der Waals surface area (Å²) >= 11 is 0. The monoisotopic (exact) mass is 240 g/mol. The fraction of sp³-hybridized carbons (Fsp3) is 0.545. The molecule has 0 heterocycles. The maximum Gasteiger partial charge on any atom is 0.413 e. The zero-order valence-corrected chi connectivity index (χ0v) is 10.1. The number of amides is 1. The Morgan fingerprint density at radius 2 is 2.06 bits per heavy atom. The molecule has 0 N–H and O–H groups in total. The van der Waals surface area contributed by atoms with Gasteiger partial charge >= 0.3 is 6.09 Å². The zero-order chi connectivity index (χ0) is 13.3. The van der Waals surface area contributed by atoms with Crippen LogP contribution in [0.15, 0.2) is 12.3 Å². The van der Waals surface area contributed by atoms with Crippen molar-refractivity contribution in [2.24, 2.45) is 0 Å². The van der Waals surface area contributed by atoms with Gasteiger partial charge in [0.15, 0.2) is 0 Å². The van der Waals surface area contributed by atoms with E-state index >= 15 is 0 Å². The van der Waals surface area contributed by atoms with Crippen molar-refractivity contribution in [2.45, 2.75) is 19.8 Å². The van der Waals surface area contributed by atoms with Gasteiger partial charge in [0.1, 0.15) is 12.4 Å². The fourth-order valence-electron chi connectivity index (χ4n) is 1.11. The average molecular weight is 240 g/mol. The lowest BCUT2D eigenvalue weighted by Gasteiger charge is -2.22. The first kappa shape index (κ1) is 15.0. The summed E-state index contributed by atoms with van der Waals surface area (Å²) in [5.74, 6) is -0.0278. The van der Waals surface area contributed by atoms with Crippen molar-refractivity contribution in [3.8, 4) is 6.26 Å². The number of rotatable bonds is 7. The van der Waals surface area contributed by atoms with Gasteiger partial charge in [-0.1, -0.05) is 6.58 Å². The van der Waals surface area contributed by atoms with Crippen molar-refractivity contribution in [1.29, 1.82) is 5.26 Å². The Morgan fingerprint density at radius 3 is 2.53 bits per heavy atom. The summed E-state index contributed by atoms with van der Waals surface area (Å²) in [5, 5.41) is 8.20. The summed E-state index contributed by atoms with van der Waals surface area (Å²) in [5.41, 5.74) is 0.452. The predicted molar refractivity (Wildman–Crippen MR) is 59.7 cm³/mol. The second kappa shape index (κ2) is 8.16. The van der Waals surface area contributed by atoms with Gasteiger partial charge in [0.25, 0.3) is 6.26 Å². The summed E-state index contributed by atoms with van der Waals surface area (Å²) in [4.78, 5) is 23.6. The van der Waals surface area contributed by atoms with Gasteiger partial charge in [0, 0.05) is 25.1 Å².